The van der Waals surface area contributed by atoms with E-state index in [0.29, 0.717) is 30.0 Å². The molecule has 0 fully saturated rings. The van der Waals surface area contributed by atoms with Gasteiger partial charge >= 0.3 is 0 Å². The van der Waals surface area contributed by atoms with E-state index in [1.165, 1.54) is 45.6 Å². The van der Waals surface area contributed by atoms with Crippen LogP contribution in [0.5, 0.6) is 23.0 Å². The standard InChI is InChI=1S/C21H25NO6/c1-22(2)9-8-13-11-18(27-4)19(28-5)12-15(13)21(25)20(24)14-6-7-17(26-3)16(23)10-14/h6-7,10-12,23H,8-9H2,1-5H3. The molecule has 0 aliphatic rings. The number of phenols is 1. The van der Waals surface area contributed by atoms with E-state index in [-0.39, 0.29) is 22.6 Å². The minimum absolute atomic E-state index is 0.0802. The fourth-order valence-corrected chi connectivity index (χ4v) is 2.77. The van der Waals surface area contributed by atoms with Crippen LogP contribution in [0, 0.1) is 0 Å². The molecule has 2 rings (SSSR count). The number of methoxy groups -OCH3 is 3. The van der Waals surface area contributed by atoms with E-state index >= 15 is 0 Å². The van der Waals surface area contributed by atoms with Crippen molar-refractivity contribution < 1.29 is 28.9 Å². The second kappa shape index (κ2) is 9.23. The Bertz CT molecular complexity index is 875. The van der Waals surface area contributed by atoms with Crippen LogP contribution in [-0.4, -0.2) is 63.5 Å². The quantitative estimate of drug-likeness (QED) is 0.523. The summed E-state index contributed by atoms with van der Waals surface area (Å²) in [5.74, 6) is -0.536. The summed E-state index contributed by atoms with van der Waals surface area (Å²) in [6.07, 6.45) is 0.551. The van der Waals surface area contributed by atoms with E-state index in [9.17, 15) is 14.7 Å². The summed E-state index contributed by atoms with van der Waals surface area (Å²) in [7, 11) is 8.23. The molecule has 0 aliphatic carbocycles. The first-order chi connectivity index (χ1) is 13.3. The highest BCUT2D eigenvalue weighted by atomic mass is 16.5. The highest BCUT2D eigenvalue weighted by Gasteiger charge is 2.24. The van der Waals surface area contributed by atoms with Crippen molar-refractivity contribution in [3.05, 3.63) is 47.0 Å². The Kier molecular flexibility index (Phi) is 7.00. The molecular formula is C21H25NO6. The average Bonchev–Trinajstić information content (AvgIpc) is 2.70. The number of carbonyl (C=O) groups excluding carboxylic acids is 2. The smallest absolute Gasteiger partial charge is 0.233 e. The van der Waals surface area contributed by atoms with Gasteiger partial charge < -0.3 is 24.2 Å². The second-order valence-electron chi connectivity index (χ2n) is 6.46. The third kappa shape index (κ3) is 4.61. The predicted molar refractivity (Wildman–Crippen MR) is 105 cm³/mol. The van der Waals surface area contributed by atoms with Gasteiger partial charge in [0.05, 0.1) is 21.3 Å². The van der Waals surface area contributed by atoms with Crippen molar-refractivity contribution in [1.29, 1.82) is 0 Å². The molecule has 150 valence electrons. The lowest BCUT2D eigenvalue weighted by Crippen LogP contribution is -2.20. The molecule has 0 radical (unpaired) electrons. The molecule has 0 aromatic heterocycles. The van der Waals surface area contributed by atoms with Gasteiger partial charge in [-0.2, -0.15) is 0 Å². The molecule has 1 N–H and O–H groups in total. The van der Waals surface area contributed by atoms with Crippen LogP contribution >= 0.6 is 0 Å². The van der Waals surface area contributed by atoms with E-state index in [1.54, 1.807) is 6.07 Å². The lowest BCUT2D eigenvalue weighted by Gasteiger charge is -2.16. The molecule has 2 aromatic rings. The second-order valence-corrected chi connectivity index (χ2v) is 6.46. The largest absolute Gasteiger partial charge is 0.504 e. The summed E-state index contributed by atoms with van der Waals surface area (Å²) < 4.78 is 15.6. The van der Waals surface area contributed by atoms with E-state index in [4.69, 9.17) is 14.2 Å². The summed E-state index contributed by atoms with van der Waals surface area (Å²) in [6.45, 7) is 0.688. The molecule has 0 saturated heterocycles. The first-order valence-corrected chi connectivity index (χ1v) is 8.68. The Labute approximate surface area is 164 Å². The molecule has 0 aliphatic heterocycles. The van der Waals surface area contributed by atoms with Gasteiger partial charge in [0.2, 0.25) is 11.6 Å². The van der Waals surface area contributed by atoms with Crippen LogP contribution < -0.4 is 14.2 Å². The average molecular weight is 387 g/mol. The fraction of sp³-hybridized carbons (Fsp3) is 0.333. The Morgan fingerprint density at radius 1 is 0.893 bits per heavy atom. The highest BCUT2D eigenvalue weighted by Crippen LogP contribution is 2.32. The Morgan fingerprint density at radius 2 is 1.50 bits per heavy atom. The zero-order valence-corrected chi connectivity index (χ0v) is 16.7. The number of hydrogen-bond donors (Lipinski definition) is 1. The summed E-state index contributed by atoms with van der Waals surface area (Å²) in [5.41, 5.74) is 1.01. The summed E-state index contributed by atoms with van der Waals surface area (Å²) >= 11 is 0. The Morgan fingerprint density at radius 3 is 2.04 bits per heavy atom. The molecule has 0 atom stereocenters. The minimum Gasteiger partial charge on any atom is -0.504 e. The maximum atomic E-state index is 13.0. The first kappa shape index (κ1) is 21.2. The van der Waals surface area contributed by atoms with Crippen LogP contribution in [-0.2, 0) is 6.42 Å². The number of phenolic OH excluding ortho intramolecular Hbond substituents is 1. The number of Topliss-reactive ketones (excluding diaryl/α,β-unsaturated/α-hetero) is 2. The van der Waals surface area contributed by atoms with Gasteiger partial charge in [0.1, 0.15) is 0 Å². The molecule has 0 unspecified atom stereocenters. The van der Waals surface area contributed by atoms with Crippen molar-refractivity contribution >= 4 is 11.6 Å². The number of ether oxygens (including phenoxy) is 3. The summed E-state index contributed by atoms with van der Waals surface area (Å²) in [5, 5.41) is 9.91. The monoisotopic (exact) mass is 387 g/mol. The molecule has 0 bridgehead atoms. The van der Waals surface area contributed by atoms with Crippen molar-refractivity contribution in [2.45, 2.75) is 6.42 Å². The van der Waals surface area contributed by atoms with Crippen LogP contribution in [0.4, 0.5) is 0 Å². The van der Waals surface area contributed by atoms with Crippen molar-refractivity contribution in [3.8, 4) is 23.0 Å². The van der Waals surface area contributed by atoms with Gasteiger partial charge in [-0.25, -0.2) is 0 Å². The molecule has 0 heterocycles. The number of carbonyl (C=O) groups is 2. The van der Waals surface area contributed by atoms with Gasteiger partial charge in [0.15, 0.2) is 23.0 Å². The van der Waals surface area contributed by atoms with Gasteiger partial charge in [0.25, 0.3) is 0 Å². The van der Waals surface area contributed by atoms with Crippen LogP contribution in [0.25, 0.3) is 0 Å². The maximum absolute atomic E-state index is 13.0. The van der Waals surface area contributed by atoms with Crippen molar-refractivity contribution in [2.75, 3.05) is 42.0 Å². The number of nitrogens with zero attached hydrogens (tertiary/aromatic N) is 1. The van der Waals surface area contributed by atoms with Crippen LogP contribution in [0.2, 0.25) is 0 Å². The van der Waals surface area contributed by atoms with Crippen LogP contribution in [0.3, 0.4) is 0 Å². The normalized spacial score (nSPS) is 10.6. The number of aromatic hydroxyl groups is 1. The fourth-order valence-electron chi connectivity index (χ4n) is 2.77. The Hall–Kier alpha value is -3.06. The van der Waals surface area contributed by atoms with E-state index < -0.39 is 11.6 Å². The number of likely N-dealkylation sites (N-methyl/N-ethyl adjacent to an activating group) is 1. The van der Waals surface area contributed by atoms with Crippen molar-refractivity contribution in [2.24, 2.45) is 0 Å². The zero-order chi connectivity index (χ0) is 20.8. The van der Waals surface area contributed by atoms with E-state index in [0.717, 1.165) is 0 Å². The van der Waals surface area contributed by atoms with E-state index in [1.807, 2.05) is 19.0 Å². The van der Waals surface area contributed by atoms with Gasteiger partial charge in [-0.05, 0) is 56.4 Å². The third-order valence-electron chi connectivity index (χ3n) is 4.33. The lowest BCUT2D eigenvalue weighted by molar-refractivity contribution is 0.0816. The summed E-state index contributed by atoms with van der Waals surface area (Å²) in [4.78, 5) is 27.7. The van der Waals surface area contributed by atoms with Gasteiger partial charge in [-0.3, -0.25) is 9.59 Å². The van der Waals surface area contributed by atoms with Crippen molar-refractivity contribution in [3.63, 3.8) is 0 Å². The number of ketones is 2. The molecule has 7 heteroatoms. The lowest BCUT2D eigenvalue weighted by atomic mass is 9.95. The SMILES string of the molecule is COc1ccc(C(=O)C(=O)c2cc(OC)c(OC)cc2CCN(C)C)cc1O. The number of benzene rings is 2. The third-order valence-corrected chi connectivity index (χ3v) is 4.33. The molecule has 28 heavy (non-hydrogen) atoms. The van der Waals surface area contributed by atoms with Gasteiger partial charge in [-0.15, -0.1) is 0 Å². The molecule has 0 spiro atoms. The predicted octanol–water partition coefficient (Wildman–Crippen LogP) is 2.59. The maximum Gasteiger partial charge on any atom is 0.233 e. The minimum atomic E-state index is -0.726. The van der Waals surface area contributed by atoms with Crippen LogP contribution in [0.15, 0.2) is 30.3 Å². The molecule has 2 aromatic carbocycles. The van der Waals surface area contributed by atoms with Crippen molar-refractivity contribution in [1.82, 2.24) is 4.90 Å². The molecule has 7 nitrogen and oxygen atoms in total. The number of rotatable bonds is 9. The van der Waals surface area contributed by atoms with Gasteiger partial charge in [-0.1, -0.05) is 0 Å². The summed E-state index contributed by atoms with van der Waals surface area (Å²) in [6, 6.07) is 7.34. The zero-order valence-electron chi connectivity index (χ0n) is 16.7. The molecular weight excluding hydrogens is 362 g/mol. The first-order valence-electron chi connectivity index (χ1n) is 8.68. The molecule has 0 saturated carbocycles. The Balaban J connectivity index is 2.46. The molecule has 0 amide bonds. The topological polar surface area (TPSA) is 85.3 Å². The number of hydrogen-bond acceptors (Lipinski definition) is 7. The van der Waals surface area contributed by atoms with Gasteiger partial charge in [0, 0.05) is 17.7 Å². The van der Waals surface area contributed by atoms with E-state index in [2.05, 4.69) is 0 Å². The van der Waals surface area contributed by atoms with Crippen LogP contribution in [0.1, 0.15) is 26.3 Å². The highest BCUT2D eigenvalue weighted by molar-refractivity contribution is 6.49.